The third-order valence-corrected chi connectivity index (χ3v) is 7.62. The Hall–Kier alpha value is -2.76. The molecule has 47 heavy (non-hydrogen) atoms. The summed E-state index contributed by atoms with van der Waals surface area (Å²) in [5.41, 5.74) is 1.41. The Morgan fingerprint density at radius 1 is 0.511 bits per heavy atom. The fourth-order valence-electron chi connectivity index (χ4n) is 4.99. The highest BCUT2D eigenvalue weighted by Gasteiger charge is 2.09. The average Bonchev–Trinajstić information content (AvgIpc) is 3.06. The van der Waals surface area contributed by atoms with Gasteiger partial charge in [0.15, 0.2) is 11.5 Å². The summed E-state index contributed by atoms with van der Waals surface area (Å²) in [7, 11) is 6.83. The minimum atomic E-state index is 0.371. The third-order valence-electron chi connectivity index (χ3n) is 7.62. The summed E-state index contributed by atoms with van der Waals surface area (Å²) in [5.74, 6) is 2.05. The highest BCUT2D eigenvalue weighted by Crippen LogP contribution is 2.33. The van der Waals surface area contributed by atoms with Gasteiger partial charge < -0.3 is 37.6 Å². The molecule has 0 radical (unpaired) electrons. The first-order chi connectivity index (χ1) is 23.0. The SMILES string of the molecule is C[N+](C)(C)CCCCCCCCCCCCOc1ccc(N=Nc2ccc3c(c2)OCCOCCOCCOCCOCCO3)cc1. The number of quaternary nitrogens is 1. The van der Waals surface area contributed by atoms with Crippen molar-refractivity contribution in [3.05, 3.63) is 42.5 Å². The van der Waals surface area contributed by atoms with Crippen LogP contribution in [0.2, 0.25) is 0 Å². The van der Waals surface area contributed by atoms with Crippen molar-refractivity contribution < 1.29 is 37.6 Å². The molecule has 0 spiro atoms. The quantitative estimate of drug-likeness (QED) is 0.103. The van der Waals surface area contributed by atoms with E-state index in [1.165, 1.54) is 64.3 Å². The van der Waals surface area contributed by atoms with Crippen molar-refractivity contribution in [2.45, 2.75) is 64.2 Å². The van der Waals surface area contributed by atoms with Gasteiger partial charge in [-0.25, -0.2) is 0 Å². The maximum atomic E-state index is 5.98. The number of unbranched alkanes of at least 4 members (excludes halogenated alkanes) is 9. The molecule has 0 N–H and O–H groups in total. The molecular weight excluding hydrogens is 598 g/mol. The van der Waals surface area contributed by atoms with Crippen LogP contribution in [-0.2, 0) is 18.9 Å². The molecule has 2 aromatic carbocycles. The largest absolute Gasteiger partial charge is 0.494 e. The first kappa shape index (κ1) is 38.7. The highest BCUT2D eigenvalue weighted by molar-refractivity contribution is 5.52. The van der Waals surface area contributed by atoms with Gasteiger partial charge in [0, 0.05) is 6.07 Å². The van der Waals surface area contributed by atoms with Gasteiger partial charge in [0.1, 0.15) is 19.0 Å². The van der Waals surface area contributed by atoms with Crippen LogP contribution in [0, 0.1) is 0 Å². The topological polar surface area (TPSA) is 89.3 Å². The first-order valence-corrected chi connectivity index (χ1v) is 17.7. The van der Waals surface area contributed by atoms with E-state index in [2.05, 4.69) is 31.4 Å². The number of ether oxygens (including phenoxy) is 7. The summed E-state index contributed by atoms with van der Waals surface area (Å²) in [5, 5.41) is 8.82. The normalized spacial score (nSPS) is 16.1. The molecule has 0 fully saturated rings. The molecule has 1 heterocycles. The smallest absolute Gasteiger partial charge is 0.163 e. The lowest BCUT2D eigenvalue weighted by atomic mass is 10.1. The van der Waals surface area contributed by atoms with Crippen molar-refractivity contribution >= 4 is 11.4 Å². The lowest BCUT2D eigenvalue weighted by Crippen LogP contribution is -2.35. The molecule has 264 valence electrons. The van der Waals surface area contributed by atoms with E-state index in [4.69, 9.17) is 33.2 Å². The number of azo groups is 1. The van der Waals surface area contributed by atoms with Crippen molar-refractivity contribution in [2.24, 2.45) is 10.2 Å². The van der Waals surface area contributed by atoms with E-state index in [0.29, 0.717) is 83.3 Å². The zero-order valence-corrected chi connectivity index (χ0v) is 29.3. The van der Waals surface area contributed by atoms with Gasteiger partial charge in [-0.3, -0.25) is 0 Å². The minimum absolute atomic E-state index is 0.371. The van der Waals surface area contributed by atoms with Crippen molar-refractivity contribution in [1.82, 2.24) is 0 Å². The average molecular weight is 659 g/mol. The molecule has 0 atom stereocenters. The standard InChI is InChI=1S/C37H60N3O7/c1-40(2,3)20-12-10-8-6-4-5-7-9-11-13-21-45-35-17-14-33(15-18-35)38-39-34-16-19-36-37(32-34)47-31-29-44-27-25-42-23-22-41-24-26-43-28-30-46-36/h14-19,32H,4-13,20-31H2,1-3H3/q+1. The number of nitrogens with zero attached hydrogens (tertiary/aromatic N) is 3. The molecule has 1 aliphatic heterocycles. The fraction of sp³-hybridized carbons (Fsp3) is 0.676. The molecule has 0 amide bonds. The Labute approximate surface area is 283 Å². The fourth-order valence-corrected chi connectivity index (χ4v) is 4.99. The zero-order chi connectivity index (χ0) is 33.3. The van der Waals surface area contributed by atoms with Crippen LogP contribution in [0.15, 0.2) is 52.7 Å². The molecular formula is C37H60N3O7+. The Morgan fingerprint density at radius 3 is 1.51 bits per heavy atom. The van der Waals surface area contributed by atoms with Crippen LogP contribution < -0.4 is 14.2 Å². The summed E-state index contributed by atoms with van der Waals surface area (Å²) < 4.78 is 41.1. The van der Waals surface area contributed by atoms with E-state index in [1.54, 1.807) is 0 Å². The summed E-state index contributed by atoms with van der Waals surface area (Å²) in [4.78, 5) is 0. The number of hydrogen-bond acceptors (Lipinski definition) is 9. The second kappa shape index (κ2) is 24.4. The van der Waals surface area contributed by atoms with Gasteiger partial charge in [-0.1, -0.05) is 44.9 Å². The monoisotopic (exact) mass is 658 g/mol. The van der Waals surface area contributed by atoms with Gasteiger partial charge in [0.25, 0.3) is 0 Å². The van der Waals surface area contributed by atoms with Gasteiger partial charge in [0.2, 0.25) is 0 Å². The van der Waals surface area contributed by atoms with Gasteiger partial charge in [0.05, 0.1) is 98.5 Å². The van der Waals surface area contributed by atoms with E-state index in [0.717, 1.165) is 28.9 Å². The maximum absolute atomic E-state index is 5.98. The van der Waals surface area contributed by atoms with E-state index >= 15 is 0 Å². The second-order valence-electron chi connectivity index (χ2n) is 12.9. The minimum Gasteiger partial charge on any atom is -0.494 e. The molecule has 3 rings (SSSR count). The van der Waals surface area contributed by atoms with Crippen molar-refractivity contribution in [3.63, 3.8) is 0 Å². The van der Waals surface area contributed by atoms with Crippen LogP contribution in [-0.4, -0.2) is 105 Å². The summed E-state index contributed by atoms with van der Waals surface area (Å²) in [6.45, 7) is 6.75. The Bertz CT molecular complexity index is 1090. The molecule has 1 aliphatic rings. The molecule has 0 saturated heterocycles. The van der Waals surface area contributed by atoms with Crippen molar-refractivity contribution in [1.29, 1.82) is 0 Å². The molecule has 0 aromatic heterocycles. The summed E-state index contributed by atoms with van der Waals surface area (Å²) in [6, 6.07) is 13.2. The molecule has 0 aliphatic carbocycles. The van der Waals surface area contributed by atoms with Crippen LogP contribution in [0.4, 0.5) is 11.4 Å². The third kappa shape index (κ3) is 19.6. The first-order valence-electron chi connectivity index (χ1n) is 17.7. The zero-order valence-electron chi connectivity index (χ0n) is 29.3. The van der Waals surface area contributed by atoms with E-state index in [1.807, 2.05) is 42.5 Å². The number of benzene rings is 2. The van der Waals surface area contributed by atoms with Crippen LogP contribution >= 0.6 is 0 Å². The lowest BCUT2D eigenvalue weighted by molar-refractivity contribution is -0.870. The van der Waals surface area contributed by atoms with Crippen molar-refractivity contribution in [3.8, 4) is 17.2 Å². The summed E-state index contributed by atoms with van der Waals surface area (Å²) >= 11 is 0. The molecule has 0 saturated carbocycles. The van der Waals surface area contributed by atoms with Crippen LogP contribution in [0.25, 0.3) is 0 Å². The highest BCUT2D eigenvalue weighted by atomic mass is 16.6. The predicted octanol–water partition coefficient (Wildman–Crippen LogP) is 7.93. The lowest BCUT2D eigenvalue weighted by Gasteiger charge is -2.23. The summed E-state index contributed by atoms with van der Waals surface area (Å²) in [6.07, 6.45) is 13.1. The van der Waals surface area contributed by atoms with E-state index in [9.17, 15) is 0 Å². The molecule has 0 bridgehead atoms. The van der Waals surface area contributed by atoms with Gasteiger partial charge in [-0.2, -0.15) is 10.2 Å². The van der Waals surface area contributed by atoms with E-state index < -0.39 is 0 Å². The van der Waals surface area contributed by atoms with Gasteiger partial charge >= 0.3 is 0 Å². The molecule has 10 heteroatoms. The van der Waals surface area contributed by atoms with Gasteiger partial charge in [-0.15, -0.1) is 0 Å². The Balaban J connectivity index is 1.33. The Kier molecular flexibility index (Phi) is 20.1. The molecule has 10 nitrogen and oxygen atoms in total. The maximum Gasteiger partial charge on any atom is 0.163 e. The van der Waals surface area contributed by atoms with Crippen molar-refractivity contribution in [2.75, 3.05) is 100 Å². The van der Waals surface area contributed by atoms with Crippen LogP contribution in [0.5, 0.6) is 17.2 Å². The van der Waals surface area contributed by atoms with E-state index in [-0.39, 0.29) is 0 Å². The molecule has 0 unspecified atom stereocenters. The Morgan fingerprint density at radius 2 is 0.957 bits per heavy atom. The second-order valence-corrected chi connectivity index (χ2v) is 12.9. The van der Waals surface area contributed by atoms with Crippen LogP contribution in [0.3, 0.4) is 0 Å². The number of rotatable bonds is 16. The molecule has 2 aromatic rings. The number of hydrogen-bond donors (Lipinski definition) is 0. The number of fused-ring (bicyclic) bond motifs is 1. The van der Waals surface area contributed by atoms with Gasteiger partial charge in [-0.05, 0) is 55.7 Å². The van der Waals surface area contributed by atoms with Crippen LogP contribution in [0.1, 0.15) is 64.2 Å². The predicted molar refractivity (Wildman–Crippen MR) is 186 cm³/mol.